The van der Waals surface area contributed by atoms with E-state index in [4.69, 9.17) is 4.74 Å². The monoisotopic (exact) mass is 283 g/mol. The number of carbonyl (C=O) groups excluding carboxylic acids is 1. The molecule has 0 saturated heterocycles. The van der Waals surface area contributed by atoms with Gasteiger partial charge in [-0.15, -0.1) is 0 Å². The maximum Gasteiger partial charge on any atom is 0.224 e. The number of fused-ring (bicyclic) bond motifs is 1. The molecule has 0 saturated carbocycles. The molecule has 1 aliphatic heterocycles. The number of ether oxygens (including phenoxy) is 1. The average Bonchev–Trinajstić information content (AvgIpc) is 2.48. The number of halogens is 1. The van der Waals surface area contributed by atoms with Gasteiger partial charge in [0.1, 0.15) is 11.6 Å². The summed E-state index contributed by atoms with van der Waals surface area (Å²) in [5, 5.41) is 0. The average molecular weight is 283 g/mol. The third-order valence-electron chi connectivity index (χ3n) is 3.29. The van der Waals surface area contributed by atoms with E-state index in [1.54, 1.807) is 17.0 Å². The van der Waals surface area contributed by atoms with E-state index in [9.17, 15) is 9.18 Å². The highest BCUT2D eigenvalue weighted by Crippen LogP contribution is 2.34. The second kappa shape index (κ2) is 5.40. The molecule has 4 heteroatoms. The van der Waals surface area contributed by atoms with Gasteiger partial charge in [-0.25, -0.2) is 4.39 Å². The Hall–Kier alpha value is -2.62. The van der Waals surface area contributed by atoms with Crippen molar-refractivity contribution in [3.63, 3.8) is 0 Å². The molecule has 0 unspecified atom stereocenters. The Bertz CT molecular complexity index is 707. The van der Waals surface area contributed by atoms with Crippen molar-refractivity contribution in [2.75, 3.05) is 11.4 Å². The number of anilines is 1. The van der Waals surface area contributed by atoms with Gasteiger partial charge in [0.05, 0.1) is 12.2 Å². The van der Waals surface area contributed by atoms with Crippen molar-refractivity contribution in [1.82, 2.24) is 0 Å². The molecule has 1 heterocycles. The number of hydrogen-bond donors (Lipinski definition) is 0. The van der Waals surface area contributed by atoms with Crippen LogP contribution < -0.4 is 9.64 Å². The van der Waals surface area contributed by atoms with E-state index in [1.165, 1.54) is 19.1 Å². The molecule has 2 aromatic rings. The summed E-state index contributed by atoms with van der Waals surface area (Å²) >= 11 is 0. The Kier molecular flexibility index (Phi) is 3.44. The second-order valence-corrected chi connectivity index (χ2v) is 4.84. The van der Waals surface area contributed by atoms with Gasteiger partial charge in [-0.1, -0.05) is 24.3 Å². The molecule has 0 radical (unpaired) electrons. The van der Waals surface area contributed by atoms with Gasteiger partial charge in [0.25, 0.3) is 0 Å². The van der Waals surface area contributed by atoms with Crippen LogP contribution in [0.15, 0.2) is 54.3 Å². The highest BCUT2D eigenvalue weighted by molar-refractivity contribution is 5.94. The van der Waals surface area contributed by atoms with Crippen LogP contribution in [-0.2, 0) is 4.79 Å². The number of hydrogen-bond acceptors (Lipinski definition) is 2. The van der Waals surface area contributed by atoms with Crippen LogP contribution in [0, 0.1) is 5.82 Å². The third-order valence-corrected chi connectivity index (χ3v) is 3.29. The van der Waals surface area contributed by atoms with Crippen molar-refractivity contribution < 1.29 is 13.9 Å². The first-order valence-corrected chi connectivity index (χ1v) is 6.64. The van der Waals surface area contributed by atoms with E-state index in [0.717, 1.165) is 11.3 Å². The molecule has 3 nitrogen and oxygen atoms in total. The largest absolute Gasteiger partial charge is 0.458 e. The number of carbonyl (C=O) groups is 1. The van der Waals surface area contributed by atoms with E-state index in [0.29, 0.717) is 18.1 Å². The molecule has 21 heavy (non-hydrogen) atoms. The first-order chi connectivity index (χ1) is 10.1. The fourth-order valence-corrected chi connectivity index (χ4v) is 2.28. The smallest absolute Gasteiger partial charge is 0.224 e. The Morgan fingerprint density at radius 2 is 1.90 bits per heavy atom. The fraction of sp³-hybridized carbons (Fsp3) is 0.118. The number of benzene rings is 2. The van der Waals surface area contributed by atoms with Gasteiger partial charge < -0.3 is 9.64 Å². The van der Waals surface area contributed by atoms with E-state index in [-0.39, 0.29) is 11.7 Å². The summed E-state index contributed by atoms with van der Waals surface area (Å²) in [5.41, 5.74) is 1.59. The molecule has 0 atom stereocenters. The van der Waals surface area contributed by atoms with Crippen molar-refractivity contribution in [2.45, 2.75) is 6.92 Å². The molecule has 0 aromatic heterocycles. The number of amides is 1. The normalized spacial score (nSPS) is 15.5. The van der Waals surface area contributed by atoms with Crippen molar-refractivity contribution in [3.05, 3.63) is 65.7 Å². The molecule has 0 aliphatic carbocycles. The number of para-hydroxylation sites is 2. The summed E-state index contributed by atoms with van der Waals surface area (Å²) in [6.07, 6.45) is 1.81. The van der Waals surface area contributed by atoms with Crippen LogP contribution in [0.5, 0.6) is 5.75 Å². The number of rotatable bonds is 1. The molecule has 2 aromatic carbocycles. The molecule has 0 fully saturated rings. The van der Waals surface area contributed by atoms with Crippen LogP contribution in [0.25, 0.3) is 6.08 Å². The Labute approximate surface area is 122 Å². The molecule has 0 bridgehead atoms. The summed E-state index contributed by atoms with van der Waals surface area (Å²) in [5.74, 6) is 0.969. The van der Waals surface area contributed by atoms with Crippen LogP contribution in [0.1, 0.15) is 12.5 Å². The molecule has 1 aliphatic rings. The highest BCUT2D eigenvalue weighted by Gasteiger charge is 2.23. The molecule has 106 valence electrons. The van der Waals surface area contributed by atoms with Gasteiger partial charge in [-0.3, -0.25) is 4.79 Å². The molecule has 1 amide bonds. The second-order valence-electron chi connectivity index (χ2n) is 4.84. The zero-order valence-corrected chi connectivity index (χ0v) is 11.5. The van der Waals surface area contributed by atoms with Crippen LogP contribution >= 0.6 is 0 Å². The Morgan fingerprint density at radius 3 is 2.62 bits per heavy atom. The Balaban J connectivity index is 1.96. The first kappa shape index (κ1) is 13.4. The molecule has 0 spiro atoms. The standard InChI is InChI=1S/C17H14FNO2/c1-12(20)19-11-15(10-13-6-8-14(18)9-7-13)21-17-5-3-2-4-16(17)19/h2-10H,11H2,1H3/b15-10+. The van der Waals surface area contributed by atoms with Gasteiger partial charge in [-0.2, -0.15) is 0 Å². The van der Waals surface area contributed by atoms with Crippen LogP contribution in [0.4, 0.5) is 10.1 Å². The summed E-state index contributed by atoms with van der Waals surface area (Å²) in [4.78, 5) is 13.5. The van der Waals surface area contributed by atoms with E-state index >= 15 is 0 Å². The maximum atomic E-state index is 12.9. The first-order valence-electron chi connectivity index (χ1n) is 6.64. The SMILES string of the molecule is CC(=O)N1C/C(=C\c2ccc(F)cc2)Oc2ccccc21. The maximum absolute atomic E-state index is 12.9. The lowest BCUT2D eigenvalue weighted by Crippen LogP contribution is -2.35. The minimum atomic E-state index is -0.280. The van der Waals surface area contributed by atoms with Gasteiger partial charge in [0, 0.05) is 6.92 Å². The predicted molar refractivity (Wildman–Crippen MR) is 79.5 cm³/mol. The summed E-state index contributed by atoms with van der Waals surface area (Å²) < 4.78 is 18.7. The third kappa shape index (κ3) is 2.79. The summed E-state index contributed by atoms with van der Waals surface area (Å²) in [6, 6.07) is 13.5. The highest BCUT2D eigenvalue weighted by atomic mass is 19.1. The quantitative estimate of drug-likeness (QED) is 0.800. The fourth-order valence-electron chi connectivity index (χ4n) is 2.28. The number of nitrogens with zero attached hydrogens (tertiary/aromatic N) is 1. The van der Waals surface area contributed by atoms with Crippen molar-refractivity contribution in [2.24, 2.45) is 0 Å². The van der Waals surface area contributed by atoms with Crippen LogP contribution in [0.3, 0.4) is 0 Å². The van der Waals surface area contributed by atoms with E-state index in [2.05, 4.69) is 0 Å². The zero-order valence-electron chi connectivity index (χ0n) is 11.5. The van der Waals surface area contributed by atoms with Crippen molar-refractivity contribution in [3.8, 4) is 5.75 Å². The van der Waals surface area contributed by atoms with Crippen molar-refractivity contribution in [1.29, 1.82) is 0 Å². The van der Waals surface area contributed by atoms with E-state index in [1.807, 2.05) is 30.3 Å². The lowest BCUT2D eigenvalue weighted by atomic mass is 10.1. The van der Waals surface area contributed by atoms with E-state index < -0.39 is 0 Å². The van der Waals surface area contributed by atoms with Gasteiger partial charge in [0.2, 0.25) is 5.91 Å². The molecule has 3 rings (SSSR count). The topological polar surface area (TPSA) is 29.5 Å². The van der Waals surface area contributed by atoms with Gasteiger partial charge in [-0.05, 0) is 35.9 Å². The Morgan fingerprint density at radius 1 is 1.19 bits per heavy atom. The zero-order chi connectivity index (χ0) is 14.8. The summed E-state index contributed by atoms with van der Waals surface area (Å²) in [6.45, 7) is 1.89. The summed E-state index contributed by atoms with van der Waals surface area (Å²) in [7, 11) is 0. The van der Waals surface area contributed by atoms with Crippen LogP contribution in [-0.4, -0.2) is 12.5 Å². The minimum absolute atomic E-state index is 0.0456. The van der Waals surface area contributed by atoms with Crippen LogP contribution in [0.2, 0.25) is 0 Å². The lowest BCUT2D eigenvalue weighted by molar-refractivity contribution is -0.116. The minimum Gasteiger partial charge on any atom is -0.458 e. The molecular weight excluding hydrogens is 269 g/mol. The molecule has 0 N–H and O–H groups in total. The molecular formula is C17H14FNO2. The lowest BCUT2D eigenvalue weighted by Gasteiger charge is -2.30. The van der Waals surface area contributed by atoms with Gasteiger partial charge in [0.15, 0.2) is 5.75 Å². The predicted octanol–water partition coefficient (Wildman–Crippen LogP) is 3.61. The van der Waals surface area contributed by atoms with Gasteiger partial charge >= 0.3 is 0 Å². The van der Waals surface area contributed by atoms with Crippen molar-refractivity contribution >= 4 is 17.7 Å².